The molecule has 138 valence electrons. The molecule has 5 nitrogen and oxygen atoms in total. The first-order valence-electron chi connectivity index (χ1n) is 9.12. The molecule has 0 bridgehead atoms. The van der Waals surface area contributed by atoms with Gasteiger partial charge in [-0.25, -0.2) is 4.98 Å². The van der Waals surface area contributed by atoms with E-state index in [0.29, 0.717) is 38.5 Å². The van der Waals surface area contributed by atoms with Crippen LogP contribution in [0.1, 0.15) is 36.6 Å². The van der Waals surface area contributed by atoms with Crippen LogP contribution in [-0.4, -0.2) is 30.7 Å². The van der Waals surface area contributed by atoms with Gasteiger partial charge in [-0.15, -0.1) is 0 Å². The second-order valence-corrected chi connectivity index (χ2v) is 6.73. The number of aryl methyl sites for hydroxylation is 2. The van der Waals surface area contributed by atoms with Gasteiger partial charge in [-0.05, 0) is 45.2 Å². The Kier molecular flexibility index (Phi) is 5.57. The SMILES string of the molecule is CCOc1ccc(NC(=O)C2(c3ccc(C)cc3)CCOCC2)c(C)n1. The lowest BCUT2D eigenvalue weighted by Crippen LogP contribution is -2.45. The predicted octanol–water partition coefficient (Wildman–Crippen LogP) is 3.78. The van der Waals surface area contributed by atoms with Crippen molar-refractivity contribution in [2.24, 2.45) is 0 Å². The van der Waals surface area contributed by atoms with Gasteiger partial charge in [0, 0.05) is 19.3 Å². The van der Waals surface area contributed by atoms with Crippen LogP contribution in [0.3, 0.4) is 0 Å². The summed E-state index contributed by atoms with van der Waals surface area (Å²) in [6, 6.07) is 11.9. The van der Waals surface area contributed by atoms with Crippen LogP contribution in [0.4, 0.5) is 5.69 Å². The van der Waals surface area contributed by atoms with E-state index in [1.54, 1.807) is 6.07 Å². The molecule has 5 heteroatoms. The molecule has 2 aromatic rings. The van der Waals surface area contributed by atoms with Crippen molar-refractivity contribution >= 4 is 11.6 Å². The Morgan fingerprint density at radius 2 is 1.85 bits per heavy atom. The van der Waals surface area contributed by atoms with Crippen LogP contribution >= 0.6 is 0 Å². The molecule has 0 spiro atoms. The molecule has 0 saturated carbocycles. The highest BCUT2D eigenvalue weighted by Gasteiger charge is 2.41. The molecule has 1 aliphatic rings. The Morgan fingerprint density at radius 3 is 2.46 bits per heavy atom. The second kappa shape index (κ2) is 7.87. The third-order valence-electron chi connectivity index (χ3n) is 4.99. The number of amides is 1. The first kappa shape index (κ1) is 18.4. The number of hydrogen-bond donors (Lipinski definition) is 1. The molecule has 1 aliphatic heterocycles. The molecule has 0 atom stereocenters. The number of rotatable bonds is 5. The monoisotopic (exact) mass is 354 g/mol. The van der Waals surface area contributed by atoms with E-state index >= 15 is 0 Å². The average Bonchev–Trinajstić information content (AvgIpc) is 2.65. The summed E-state index contributed by atoms with van der Waals surface area (Å²) in [5, 5.41) is 3.09. The highest BCUT2D eigenvalue weighted by atomic mass is 16.5. The van der Waals surface area contributed by atoms with Crippen molar-refractivity contribution in [1.29, 1.82) is 0 Å². The van der Waals surface area contributed by atoms with Gasteiger partial charge in [-0.2, -0.15) is 0 Å². The maximum absolute atomic E-state index is 13.3. The van der Waals surface area contributed by atoms with E-state index in [2.05, 4.69) is 41.5 Å². The Balaban J connectivity index is 1.88. The minimum atomic E-state index is -0.572. The summed E-state index contributed by atoms with van der Waals surface area (Å²) in [6.07, 6.45) is 1.34. The summed E-state index contributed by atoms with van der Waals surface area (Å²) in [5.41, 5.74) is 3.12. The number of pyridine rings is 1. The lowest BCUT2D eigenvalue weighted by atomic mass is 9.73. The van der Waals surface area contributed by atoms with E-state index in [9.17, 15) is 4.79 Å². The molecule has 2 heterocycles. The van der Waals surface area contributed by atoms with Gasteiger partial charge in [0.1, 0.15) is 0 Å². The number of hydrogen-bond acceptors (Lipinski definition) is 4. The van der Waals surface area contributed by atoms with E-state index < -0.39 is 5.41 Å². The quantitative estimate of drug-likeness (QED) is 0.887. The van der Waals surface area contributed by atoms with E-state index in [-0.39, 0.29) is 5.91 Å². The topological polar surface area (TPSA) is 60.5 Å². The first-order valence-corrected chi connectivity index (χ1v) is 9.12. The molecule has 1 fully saturated rings. The van der Waals surface area contributed by atoms with Gasteiger partial charge in [0.05, 0.1) is 23.4 Å². The molecule has 26 heavy (non-hydrogen) atoms. The third kappa shape index (κ3) is 3.73. The molecule has 1 N–H and O–H groups in total. The van der Waals surface area contributed by atoms with Crippen molar-refractivity contribution in [2.45, 2.75) is 39.0 Å². The molecular formula is C21H26N2O3. The van der Waals surface area contributed by atoms with Crippen molar-refractivity contribution in [3.05, 3.63) is 53.2 Å². The van der Waals surface area contributed by atoms with E-state index in [1.165, 1.54) is 5.56 Å². The fraction of sp³-hybridized carbons (Fsp3) is 0.429. The Hall–Kier alpha value is -2.40. The molecule has 1 saturated heterocycles. The van der Waals surface area contributed by atoms with Crippen LogP contribution in [0.2, 0.25) is 0 Å². The smallest absolute Gasteiger partial charge is 0.235 e. The van der Waals surface area contributed by atoms with Crippen LogP contribution in [0.25, 0.3) is 0 Å². The summed E-state index contributed by atoms with van der Waals surface area (Å²) < 4.78 is 11.0. The van der Waals surface area contributed by atoms with E-state index in [0.717, 1.165) is 16.9 Å². The van der Waals surface area contributed by atoms with Gasteiger partial charge >= 0.3 is 0 Å². The molecular weight excluding hydrogens is 328 g/mol. The minimum Gasteiger partial charge on any atom is -0.478 e. The summed E-state index contributed by atoms with van der Waals surface area (Å²) in [4.78, 5) is 17.7. The molecule has 3 rings (SSSR count). The largest absolute Gasteiger partial charge is 0.478 e. The normalized spacial score (nSPS) is 16.1. The Bertz CT molecular complexity index is 765. The number of nitrogens with zero attached hydrogens (tertiary/aromatic N) is 1. The van der Waals surface area contributed by atoms with Crippen LogP contribution < -0.4 is 10.1 Å². The Labute approximate surface area is 154 Å². The standard InChI is InChI=1S/C21H26N2O3/c1-4-26-19-10-9-18(16(3)22-19)23-20(24)21(11-13-25-14-12-21)17-7-5-15(2)6-8-17/h5-10H,4,11-14H2,1-3H3,(H,23,24). The van der Waals surface area contributed by atoms with Crippen molar-refractivity contribution < 1.29 is 14.3 Å². The molecule has 1 aromatic heterocycles. The van der Waals surface area contributed by atoms with Crippen LogP contribution in [0.5, 0.6) is 5.88 Å². The zero-order valence-electron chi connectivity index (χ0n) is 15.7. The first-order chi connectivity index (χ1) is 12.5. The maximum Gasteiger partial charge on any atom is 0.235 e. The van der Waals surface area contributed by atoms with E-state index in [1.807, 2.05) is 19.9 Å². The van der Waals surface area contributed by atoms with Crippen LogP contribution in [0, 0.1) is 13.8 Å². The van der Waals surface area contributed by atoms with Gasteiger partial charge < -0.3 is 14.8 Å². The number of ether oxygens (including phenoxy) is 2. The third-order valence-corrected chi connectivity index (χ3v) is 4.99. The number of anilines is 1. The molecule has 0 aliphatic carbocycles. The van der Waals surface area contributed by atoms with Crippen molar-refractivity contribution in [1.82, 2.24) is 4.98 Å². The fourth-order valence-corrected chi connectivity index (χ4v) is 3.38. The number of aromatic nitrogens is 1. The number of nitrogens with one attached hydrogen (secondary N) is 1. The van der Waals surface area contributed by atoms with Gasteiger partial charge in [-0.1, -0.05) is 29.8 Å². The lowest BCUT2D eigenvalue weighted by Gasteiger charge is -2.36. The molecule has 0 radical (unpaired) electrons. The summed E-state index contributed by atoms with van der Waals surface area (Å²) >= 11 is 0. The summed E-state index contributed by atoms with van der Waals surface area (Å²) in [7, 11) is 0. The second-order valence-electron chi connectivity index (χ2n) is 6.73. The maximum atomic E-state index is 13.3. The lowest BCUT2D eigenvalue weighted by molar-refractivity contribution is -0.125. The van der Waals surface area contributed by atoms with Crippen molar-refractivity contribution in [3.63, 3.8) is 0 Å². The van der Waals surface area contributed by atoms with Gasteiger partial charge in [0.25, 0.3) is 0 Å². The highest BCUT2D eigenvalue weighted by molar-refractivity contribution is 5.99. The van der Waals surface area contributed by atoms with Crippen LogP contribution in [0.15, 0.2) is 36.4 Å². The fourth-order valence-electron chi connectivity index (χ4n) is 3.38. The molecule has 1 amide bonds. The van der Waals surface area contributed by atoms with Crippen molar-refractivity contribution in [3.8, 4) is 5.88 Å². The van der Waals surface area contributed by atoms with Crippen LogP contribution in [-0.2, 0) is 14.9 Å². The summed E-state index contributed by atoms with van der Waals surface area (Å²) in [6.45, 7) is 7.58. The minimum absolute atomic E-state index is 0.00119. The van der Waals surface area contributed by atoms with Gasteiger partial charge in [-0.3, -0.25) is 4.79 Å². The highest BCUT2D eigenvalue weighted by Crippen LogP contribution is 2.36. The zero-order chi connectivity index (χ0) is 18.6. The van der Waals surface area contributed by atoms with Gasteiger partial charge in [0.15, 0.2) is 0 Å². The van der Waals surface area contributed by atoms with E-state index in [4.69, 9.17) is 9.47 Å². The number of carbonyl (C=O) groups excluding carboxylic acids is 1. The number of carbonyl (C=O) groups is 1. The Morgan fingerprint density at radius 1 is 1.15 bits per heavy atom. The predicted molar refractivity (Wildman–Crippen MR) is 102 cm³/mol. The molecule has 1 aromatic carbocycles. The van der Waals surface area contributed by atoms with Gasteiger partial charge in [0.2, 0.25) is 11.8 Å². The molecule has 0 unspecified atom stereocenters. The summed E-state index contributed by atoms with van der Waals surface area (Å²) in [5.74, 6) is 0.570. The van der Waals surface area contributed by atoms with Crippen molar-refractivity contribution in [2.75, 3.05) is 25.1 Å². The average molecular weight is 354 g/mol. The number of benzene rings is 1. The zero-order valence-corrected chi connectivity index (χ0v) is 15.7.